The van der Waals surface area contributed by atoms with Gasteiger partial charge >= 0.3 is 0 Å². The van der Waals surface area contributed by atoms with Gasteiger partial charge in [-0.05, 0) is 11.5 Å². The number of benzene rings is 1. The Labute approximate surface area is 99.7 Å². The van der Waals surface area contributed by atoms with Gasteiger partial charge in [0.15, 0.2) is 0 Å². The molecule has 0 aromatic heterocycles. The molecule has 0 amide bonds. The first-order valence-electron chi connectivity index (χ1n) is 5.42. The third-order valence-electron chi connectivity index (χ3n) is 2.34. The zero-order valence-corrected chi connectivity index (χ0v) is 10.8. The molecule has 0 spiro atoms. The van der Waals surface area contributed by atoms with Gasteiger partial charge in [-0.15, -0.1) is 12.4 Å². The average molecular weight is 228 g/mol. The van der Waals surface area contributed by atoms with Gasteiger partial charge in [0.25, 0.3) is 0 Å². The van der Waals surface area contributed by atoms with Gasteiger partial charge in [-0.25, -0.2) is 0 Å². The van der Waals surface area contributed by atoms with E-state index in [1.807, 2.05) is 0 Å². The second-order valence-corrected chi connectivity index (χ2v) is 4.45. The van der Waals surface area contributed by atoms with Crippen LogP contribution in [0.4, 0.5) is 0 Å². The first-order valence-corrected chi connectivity index (χ1v) is 5.42. The highest BCUT2D eigenvalue weighted by Gasteiger charge is 2.15. The van der Waals surface area contributed by atoms with Gasteiger partial charge in [-0.3, -0.25) is 0 Å². The monoisotopic (exact) mass is 227 g/mol. The fourth-order valence-corrected chi connectivity index (χ4v) is 1.69. The van der Waals surface area contributed by atoms with E-state index in [1.165, 1.54) is 5.56 Å². The van der Waals surface area contributed by atoms with Crippen molar-refractivity contribution in [2.75, 3.05) is 0 Å². The van der Waals surface area contributed by atoms with Crippen LogP contribution in [0.3, 0.4) is 0 Å². The Morgan fingerprint density at radius 1 is 0.933 bits per heavy atom. The minimum absolute atomic E-state index is 0. The summed E-state index contributed by atoms with van der Waals surface area (Å²) in [7, 11) is 0. The molecular formula is C13H22ClN. The van der Waals surface area contributed by atoms with Crippen LogP contribution in [0.2, 0.25) is 0 Å². The molecule has 0 fully saturated rings. The number of hydrogen-bond donors (Lipinski definition) is 1. The molecule has 0 aliphatic heterocycles. The molecule has 0 aliphatic carbocycles. The van der Waals surface area contributed by atoms with Gasteiger partial charge in [0, 0.05) is 12.1 Å². The molecular weight excluding hydrogens is 206 g/mol. The Hall–Kier alpha value is -0.530. The van der Waals surface area contributed by atoms with E-state index in [-0.39, 0.29) is 12.4 Å². The second-order valence-electron chi connectivity index (χ2n) is 4.45. The largest absolute Gasteiger partial charge is 0.307 e. The molecule has 0 heterocycles. The van der Waals surface area contributed by atoms with E-state index < -0.39 is 0 Å². The lowest BCUT2D eigenvalue weighted by Crippen LogP contribution is -2.31. The Kier molecular flexibility index (Phi) is 6.62. The lowest BCUT2D eigenvalue weighted by atomic mass is 9.95. The first-order chi connectivity index (χ1) is 6.61. The van der Waals surface area contributed by atoms with Crippen molar-refractivity contribution < 1.29 is 0 Å². The second kappa shape index (κ2) is 6.86. The summed E-state index contributed by atoms with van der Waals surface area (Å²) < 4.78 is 0. The number of hydrogen-bond acceptors (Lipinski definition) is 1. The highest BCUT2D eigenvalue weighted by molar-refractivity contribution is 5.85. The van der Waals surface area contributed by atoms with Crippen LogP contribution < -0.4 is 5.32 Å². The predicted molar refractivity (Wildman–Crippen MR) is 69.5 cm³/mol. The summed E-state index contributed by atoms with van der Waals surface area (Å²) in [6, 6.07) is 11.7. The van der Waals surface area contributed by atoms with E-state index in [2.05, 4.69) is 63.3 Å². The smallest absolute Gasteiger partial charge is 0.0345 e. The van der Waals surface area contributed by atoms with Gasteiger partial charge in [0.05, 0.1) is 0 Å². The van der Waals surface area contributed by atoms with Gasteiger partial charge < -0.3 is 5.32 Å². The normalized spacial score (nSPS) is 12.7. The van der Waals surface area contributed by atoms with Crippen molar-refractivity contribution in [1.29, 1.82) is 0 Å². The quantitative estimate of drug-likeness (QED) is 0.825. The third kappa shape index (κ3) is 4.67. The summed E-state index contributed by atoms with van der Waals surface area (Å²) in [5.41, 5.74) is 1.39. The van der Waals surface area contributed by atoms with Crippen molar-refractivity contribution in [3.05, 3.63) is 35.9 Å². The summed E-state index contributed by atoms with van der Waals surface area (Å²) >= 11 is 0. The summed E-state index contributed by atoms with van der Waals surface area (Å²) in [5.74, 6) is 0.625. The molecule has 2 heteroatoms. The number of halogens is 1. The standard InChI is InChI=1S/C13H21N.ClH/c1-10(2)13(14-11(3)4)12-8-6-5-7-9-12;/h5-11,13-14H,1-4H3;1H. The Balaban J connectivity index is 0.00000196. The molecule has 1 atom stereocenters. The van der Waals surface area contributed by atoms with Crippen molar-refractivity contribution in [2.24, 2.45) is 5.92 Å². The molecule has 0 saturated carbocycles. The maximum atomic E-state index is 3.60. The van der Waals surface area contributed by atoms with Crippen molar-refractivity contribution in [3.8, 4) is 0 Å². The van der Waals surface area contributed by atoms with Gasteiger partial charge in [0.2, 0.25) is 0 Å². The molecule has 1 aromatic rings. The van der Waals surface area contributed by atoms with Crippen LogP contribution in [-0.4, -0.2) is 6.04 Å². The zero-order valence-electron chi connectivity index (χ0n) is 10.0. The molecule has 1 N–H and O–H groups in total. The summed E-state index contributed by atoms with van der Waals surface area (Å²) in [4.78, 5) is 0. The van der Waals surface area contributed by atoms with Crippen LogP contribution in [0.5, 0.6) is 0 Å². The molecule has 1 rings (SSSR count). The van der Waals surface area contributed by atoms with Gasteiger partial charge in [-0.2, -0.15) is 0 Å². The van der Waals surface area contributed by atoms with Gasteiger partial charge in [0.1, 0.15) is 0 Å². The highest BCUT2D eigenvalue weighted by Crippen LogP contribution is 2.21. The summed E-state index contributed by atoms with van der Waals surface area (Å²) in [6.07, 6.45) is 0. The first kappa shape index (κ1) is 14.5. The van der Waals surface area contributed by atoms with Crippen LogP contribution in [-0.2, 0) is 0 Å². The fraction of sp³-hybridized carbons (Fsp3) is 0.538. The lowest BCUT2D eigenvalue weighted by Gasteiger charge is -2.25. The highest BCUT2D eigenvalue weighted by atomic mass is 35.5. The topological polar surface area (TPSA) is 12.0 Å². The van der Waals surface area contributed by atoms with Crippen LogP contribution >= 0.6 is 12.4 Å². The minimum Gasteiger partial charge on any atom is -0.307 e. The third-order valence-corrected chi connectivity index (χ3v) is 2.34. The predicted octanol–water partition coefficient (Wildman–Crippen LogP) is 3.80. The van der Waals surface area contributed by atoms with E-state index in [9.17, 15) is 0 Å². The Morgan fingerprint density at radius 3 is 1.87 bits per heavy atom. The molecule has 0 bridgehead atoms. The molecule has 86 valence electrons. The molecule has 0 aliphatic rings. The number of nitrogens with one attached hydrogen (secondary N) is 1. The van der Waals surface area contributed by atoms with Crippen LogP contribution in [0.25, 0.3) is 0 Å². The number of rotatable bonds is 4. The minimum atomic E-state index is 0. The summed E-state index contributed by atoms with van der Waals surface area (Å²) in [6.45, 7) is 8.90. The van der Waals surface area contributed by atoms with Crippen LogP contribution in [0.1, 0.15) is 39.3 Å². The van der Waals surface area contributed by atoms with E-state index in [4.69, 9.17) is 0 Å². The fourth-order valence-electron chi connectivity index (χ4n) is 1.69. The SMILES string of the molecule is CC(C)NC(c1ccccc1)C(C)C.Cl. The van der Waals surface area contributed by atoms with E-state index in [0.717, 1.165) is 0 Å². The summed E-state index contributed by atoms with van der Waals surface area (Å²) in [5, 5.41) is 3.60. The molecule has 15 heavy (non-hydrogen) atoms. The van der Waals surface area contributed by atoms with Crippen LogP contribution in [0.15, 0.2) is 30.3 Å². The van der Waals surface area contributed by atoms with Crippen molar-refractivity contribution in [3.63, 3.8) is 0 Å². The van der Waals surface area contributed by atoms with E-state index in [0.29, 0.717) is 18.0 Å². The molecule has 0 saturated heterocycles. The zero-order chi connectivity index (χ0) is 10.6. The molecule has 1 aromatic carbocycles. The molecule has 0 radical (unpaired) electrons. The van der Waals surface area contributed by atoms with Crippen molar-refractivity contribution >= 4 is 12.4 Å². The lowest BCUT2D eigenvalue weighted by molar-refractivity contribution is 0.381. The van der Waals surface area contributed by atoms with Gasteiger partial charge in [-0.1, -0.05) is 58.0 Å². The Morgan fingerprint density at radius 2 is 1.47 bits per heavy atom. The van der Waals surface area contributed by atoms with Crippen molar-refractivity contribution in [1.82, 2.24) is 5.32 Å². The van der Waals surface area contributed by atoms with Crippen molar-refractivity contribution in [2.45, 2.75) is 39.8 Å². The van der Waals surface area contributed by atoms with E-state index in [1.54, 1.807) is 0 Å². The average Bonchev–Trinajstić information content (AvgIpc) is 2.15. The van der Waals surface area contributed by atoms with Crippen LogP contribution in [0, 0.1) is 5.92 Å². The molecule has 1 unspecified atom stereocenters. The maximum Gasteiger partial charge on any atom is 0.0345 e. The maximum absolute atomic E-state index is 3.60. The van der Waals surface area contributed by atoms with E-state index >= 15 is 0 Å². The molecule has 1 nitrogen and oxygen atoms in total. The Bertz CT molecular complexity index is 256.